The van der Waals surface area contributed by atoms with Crippen LogP contribution in [0.25, 0.3) is 0 Å². The molecule has 0 aliphatic carbocycles. The van der Waals surface area contributed by atoms with Crippen molar-refractivity contribution in [2.45, 2.75) is 26.9 Å². The molecule has 0 amide bonds. The van der Waals surface area contributed by atoms with Gasteiger partial charge < -0.3 is 15.4 Å². The van der Waals surface area contributed by atoms with Crippen molar-refractivity contribution in [3.05, 3.63) is 65.9 Å². The maximum absolute atomic E-state index is 13.9. The lowest BCUT2D eigenvalue weighted by molar-refractivity contribution is 0.244. The summed E-state index contributed by atoms with van der Waals surface area (Å²) < 4.78 is 32.7. The van der Waals surface area contributed by atoms with Gasteiger partial charge >= 0.3 is 0 Å². The maximum Gasteiger partial charge on any atom is 0.229 e. The number of hydrogen-bond donors (Lipinski definition) is 2. The van der Waals surface area contributed by atoms with Gasteiger partial charge in [0, 0.05) is 17.8 Å². The van der Waals surface area contributed by atoms with Crippen LogP contribution in [0.4, 0.5) is 31.9 Å². The fourth-order valence-corrected chi connectivity index (χ4v) is 2.46. The highest BCUT2D eigenvalue weighted by Gasteiger charge is 2.10. The number of hydrogen-bond acceptors (Lipinski definition) is 5. The van der Waals surface area contributed by atoms with Crippen molar-refractivity contribution in [2.24, 2.45) is 0 Å². The van der Waals surface area contributed by atoms with Crippen LogP contribution in [0.5, 0.6) is 5.75 Å². The Hall–Kier alpha value is -3.22. The first-order valence-corrected chi connectivity index (χ1v) is 8.51. The number of aromatic nitrogens is 2. The van der Waals surface area contributed by atoms with Gasteiger partial charge in [0.2, 0.25) is 5.95 Å². The van der Waals surface area contributed by atoms with E-state index in [-0.39, 0.29) is 17.7 Å². The number of aryl methyl sites for hydroxylation is 1. The summed E-state index contributed by atoms with van der Waals surface area (Å²) in [5, 5.41) is 5.98. The lowest BCUT2D eigenvalue weighted by Gasteiger charge is -2.16. The van der Waals surface area contributed by atoms with Gasteiger partial charge in [-0.25, -0.2) is 13.8 Å². The van der Waals surface area contributed by atoms with Gasteiger partial charge in [-0.05, 0) is 45.0 Å². The number of benzene rings is 2. The van der Waals surface area contributed by atoms with Gasteiger partial charge in [0.25, 0.3) is 0 Å². The zero-order valence-electron chi connectivity index (χ0n) is 15.3. The first-order valence-electron chi connectivity index (χ1n) is 8.51. The monoisotopic (exact) mass is 370 g/mol. The standard InChI is InChI=1S/C20H20F2N4O/c1-12(2)27-18-7-5-4-6-17(18)24-19-10-13(3)23-20(26-19)25-16-9-8-14(21)11-15(16)22/h4-12H,1-3H3,(H2,23,24,25,26). The minimum Gasteiger partial charge on any atom is -0.489 e. The second-order valence-corrected chi connectivity index (χ2v) is 6.26. The molecule has 0 atom stereocenters. The highest BCUT2D eigenvalue weighted by Crippen LogP contribution is 2.28. The predicted molar refractivity (Wildman–Crippen MR) is 102 cm³/mol. The Morgan fingerprint density at radius 1 is 0.926 bits per heavy atom. The molecule has 0 saturated carbocycles. The minimum absolute atomic E-state index is 0.0266. The molecule has 0 aliphatic heterocycles. The number of rotatable bonds is 6. The van der Waals surface area contributed by atoms with Gasteiger partial charge in [0.05, 0.1) is 17.5 Å². The number of nitrogens with zero attached hydrogens (tertiary/aromatic N) is 2. The average Bonchev–Trinajstić information content (AvgIpc) is 2.58. The third-order valence-corrected chi connectivity index (χ3v) is 3.54. The Balaban J connectivity index is 1.86. The van der Waals surface area contributed by atoms with Gasteiger partial charge in [0.1, 0.15) is 23.2 Å². The largest absolute Gasteiger partial charge is 0.489 e. The Morgan fingerprint density at radius 3 is 2.44 bits per heavy atom. The van der Waals surface area contributed by atoms with Crippen LogP contribution in [-0.2, 0) is 0 Å². The quantitative estimate of drug-likeness (QED) is 0.613. The zero-order chi connectivity index (χ0) is 19.4. The minimum atomic E-state index is -0.717. The fourth-order valence-electron chi connectivity index (χ4n) is 2.46. The number of anilines is 4. The second-order valence-electron chi connectivity index (χ2n) is 6.26. The second kappa shape index (κ2) is 7.99. The summed E-state index contributed by atoms with van der Waals surface area (Å²) in [4.78, 5) is 8.61. The van der Waals surface area contributed by atoms with E-state index in [0.717, 1.165) is 11.8 Å². The van der Waals surface area contributed by atoms with Crippen LogP contribution in [-0.4, -0.2) is 16.1 Å². The molecule has 0 spiro atoms. The molecule has 2 N–H and O–H groups in total. The number of para-hydroxylation sites is 2. The van der Waals surface area contributed by atoms with Crippen molar-refractivity contribution < 1.29 is 13.5 Å². The molecular weight excluding hydrogens is 350 g/mol. The summed E-state index contributed by atoms with van der Waals surface area (Å²) in [6.45, 7) is 5.70. The lowest BCUT2D eigenvalue weighted by Crippen LogP contribution is -2.08. The Bertz CT molecular complexity index is 947. The molecule has 5 nitrogen and oxygen atoms in total. The van der Waals surface area contributed by atoms with Crippen LogP contribution in [0, 0.1) is 18.6 Å². The van der Waals surface area contributed by atoms with E-state index in [1.807, 2.05) is 38.1 Å². The van der Waals surface area contributed by atoms with Gasteiger partial charge in [-0.2, -0.15) is 4.98 Å². The summed E-state index contributed by atoms with van der Waals surface area (Å²) in [6.07, 6.45) is 0.0266. The van der Waals surface area contributed by atoms with E-state index in [4.69, 9.17) is 4.74 Å². The molecule has 0 aliphatic rings. The Labute approximate surface area is 156 Å². The highest BCUT2D eigenvalue weighted by atomic mass is 19.1. The van der Waals surface area contributed by atoms with Crippen molar-refractivity contribution in [3.8, 4) is 5.75 Å². The third-order valence-electron chi connectivity index (χ3n) is 3.54. The lowest BCUT2D eigenvalue weighted by atomic mass is 10.2. The summed E-state index contributed by atoms with van der Waals surface area (Å²) in [5.41, 5.74) is 1.53. The molecule has 0 bridgehead atoms. The molecule has 3 aromatic rings. The van der Waals surface area contributed by atoms with E-state index in [9.17, 15) is 8.78 Å². The predicted octanol–water partition coefficient (Wildman–Crippen LogP) is 5.34. The van der Waals surface area contributed by atoms with Crippen molar-refractivity contribution in [1.82, 2.24) is 9.97 Å². The fraction of sp³-hybridized carbons (Fsp3) is 0.200. The first-order chi connectivity index (χ1) is 12.9. The topological polar surface area (TPSA) is 59.1 Å². The molecule has 1 aromatic heterocycles. The Kier molecular flexibility index (Phi) is 5.49. The maximum atomic E-state index is 13.9. The summed E-state index contributed by atoms with van der Waals surface area (Å²) in [6, 6.07) is 12.5. The van der Waals surface area contributed by atoms with E-state index in [2.05, 4.69) is 20.6 Å². The van der Waals surface area contributed by atoms with Crippen molar-refractivity contribution in [3.63, 3.8) is 0 Å². The van der Waals surface area contributed by atoms with Crippen LogP contribution < -0.4 is 15.4 Å². The normalized spacial score (nSPS) is 10.7. The molecule has 0 radical (unpaired) electrons. The van der Waals surface area contributed by atoms with Crippen molar-refractivity contribution in [1.29, 1.82) is 0 Å². The molecule has 3 rings (SSSR count). The Morgan fingerprint density at radius 2 is 1.70 bits per heavy atom. The van der Waals surface area contributed by atoms with Crippen molar-refractivity contribution in [2.75, 3.05) is 10.6 Å². The van der Waals surface area contributed by atoms with Crippen LogP contribution in [0.1, 0.15) is 19.5 Å². The van der Waals surface area contributed by atoms with E-state index in [1.165, 1.54) is 12.1 Å². The third kappa shape index (κ3) is 4.91. The van der Waals surface area contributed by atoms with Crippen LogP contribution in [0.3, 0.4) is 0 Å². The molecule has 140 valence electrons. The molecule has 0 unspecified atom stereocenters. The molecule has 7 heteroatoms. The first kappa shape index (κ1) is 18.6. The summed E-state index contributed by atoms with van der Waals surface area (Å²) >= 11 is 0. The zero-order valence-corrected chi connectivity index (χ0v) is 15.3. The molecular formula is C20H20F2N4O. The summed E-state index contributed by atoms with van der Waals surface area (Å²) in [7, 11) is 0. The SMILES string of the molecule is Cc1cc(Nc2ccccc2OC(C)C)nc(Nc2ccc(F)cc2F)n1. The van der Waals surface area contributed by atoms with Gasteiger partial charge in [-0.3, -0.25) is 0 Å². The number of halogens is 2. The molecule has 1 heterocycles. The number of nitrogens with one attached hydrogen (secondary N) is 2. The molecule has 27 heavy (non-hydrogen) atoms. The molecule has 2 aromatic carbocycles. The van der Waals surface area contributed by atoms with E-state index in [0.29, 0.717) is 17.3 Å². The van der Waals surface area contributed by atoms with Crippen LogP contribution in [0.2, 0.25) is 0 Å². The van der Waals surface area contributed by atoms with Crippen molar-refractivity contribution >= 4 is 23.1 Å². The van der Waals surface area contributed by atoms with E-state index in [1.54, 1.807) is 13.0 Å². The average molecular weight is 370 g/mol. The van der Waals surface area contributed by atoms with E-state index < -0.39 is 11.6 Å². The van der Waals surface area contributed by atoms with Gasteiger partial charge in [-0.15, -0.1) is 0 Å². The van der Waals surface area contributed by atoms with Gasteiger partial charge in [0.15, 0.2) is 0 Å². The smallest absolute Gasteiger partial charge is 0.229 e. The van der Waals surface area contributed by atoms with Crippen LogP contribution in [0.15, 0.2) is 48.5 Å². The molecule has 0 fully saturated rings. The number of ether oxygens (including phenoxy) is 1. The highest BCUT2D eigenvalue weighted by molar-refractivity contribution is 5.65. The van der Waals surface area contributed by atoms with Gasteiger partial charge in [-0.1, -0.05) is 12.1 Å². The van der Waals surface area contributed by atoms with E-state index >= 15 is 0 Å². The van der Waals surface area contributed by atoms with Crippen LogP contribution >= 0.6 is 0 Å². The summed E-state index contributed by atoms with van der Waals surface area (Å²) in [5.74, 6) is 0.0538. The molecule has 0 saturated heterocycles.